The fraction of sp³-hybridized carbons (Fsp3) is 0.200. The summed E-state index contributed by atoms with van der Waals surface area (Å²) >= 11 is 7.59. The molecule has 1 aliphatic rings. The van der Waals surface area contributed by atoms with Crippen molar-refractivity contribution in [2.75, 3.05) is 13.6 Å². The molecular formula is C25H28ClN3OS. The Kier molecular flexibility index (Phi) is 9.79. The van der Waals surface area contributed by atoms with Crippen LogP contribution < -0.4 is 10.2 Å². The van der Waals surface area contributed by atoms with E-state index in [1.807, 2.05) is 56.5 Å². The third-order valence-corrected chi connectivity index (χ3v) is 5.48. The van der Waals surface area contributed by atoms with Crippen LogP contribution in [0.4, 0.5) is 0 Å². The van der Waals surface area contributed by atoms with E-state index in [9.17, 15) is 4.79 Å². The van der Waals surface area contributed by atoms with Crippen molar-refractivity contribution in [1.82, 2.24) is 14.0 Å². The lowest BCUT2D eigenvalue weighted by Crippen LogP contribution is -2.18. The molecule has 0 amide bonds. The molecule has 1 heterocycles. The molecule has 31 heavy (non-hydrogen) atoms. The molecule has 1 aromatic heterocycles. The van der Waals surface area contributed by atoms with Gasteiger partial charge in [-0.05, 0) is 51.1 Å². The maximum absolute atomic E-state index is 13.1. The number of hydrogen-bond donors (Lipinski definition) is 1. The Balaban J connectivity index is 0.00000166. The molecule has 0 saturated heterocycles. The Bertz CT molecular complexity index is 1110. The Morgan fingerprint density at radius 3 is 2.87 bits per heavy atom. The Morgan fingerprint density at radius 1 is 1.35 bits per heavy atom. The first kappa shape index (κ1) is 24.7. The number of nitrogens with one attached hydrogen (secondary N) is 1. The third-order valence-electron chi connectivity index (χ3n) is 4.51. The first-order valence-corrected chi connectivity index (χ1v) is 11.1. The molecule has 1 aromatic carbocycles. The molecule has 1 N–H and O–H groups in total. The first-order chi connectivity index (χ1) is 15.0. The maximum atomic E-state index is 13.1. The van der Waals surface area contributed by atoms with E-state index in [4.69, 9.17) is 11.6 Å². The van der Waals surface area contributed by atoms with Gasteiger partial charge in [0.15, 0.2) is 5.43 Å². The van der Waals surface area contributed by atoms with Crippen LogP contribution in [0.2, 0.25) is 5.02 Å². The van der Waals surface area contributed by atoms with Crippen LogP contribution in [0.5, 0.6) is 0 Å². The van der Waals surface area contributed by atoms with Gasteiger partial charge in [0.05, 0.1) is 10.5 Å². The van der Waals surface area contributed by atoms with Crippen molar-refractivity contribution < 1.29 is 0 Å². The van der Waals surface area contributed by atoms with Gasteiger partial charge in [-0.2, -0.15) is 0 Å². The molecule has 162 valence electrons. The molecule has 3 rings (SSSR count). The summed E-state index contributed by atoms with van der Waals surface area (Å²) in [6, 6.07) is 5.51. The highest BCUT2D eigenvalue weighted by Gasteiger charge is 2.11. The van der Waals surface area contributed by atoms with Gasteiger partial charge < -0.3 is 4.72 Å². The monoisotopic (exact) mass is 453 g/mol. The predicted octanol–water partition coefficient (Wildman–Crippen LogP) is 6.11. The molecule has 0 bridgehead atoms. The number of pyridine rings is 1. The topological polar surface area (TPSA) is 45.2 Å². The lowest BCUT2D eigenvalue weighted by molar-refractivity contribution is 0.613. The van der Waals surface area contributed by atoms with Gasteiger partial charge in [-0.25, -0.2) is 4.31 Å². The number of fused-ring (bicyclic) bond motifs is 2. The lowest BCUT2D eigenvalue weighted by atomic mass is 10.1. The van der Waals surface area contributed by atoms with Gasteiger partial charge >= 0.3 is 0 Å². The molecule has 0 radical (unpaired) electrons. The van der Waals surface area contributed by atoms with E-state index in [1.165, 1.54) is 17.7 Å². The third kappa shape index (κ3) is 6.96. The van der Waals surface area contributed by atoms with Crippen molar-refractivity contribution >= 4 is 40.7 Å². The SMILES string of the molecule is C/C=C\C=C(/C)CN(C)SNC1=CCc2c(ccc3ncc(Cl)cc3c2=O)C=C1.C=C. The molecule has 0 aliphatic heterocycles. The summed E-state index contributed by atoms with van der Waals surface area (Å²) in [7, 11) is 2.04. The smallest absolute Gasteiger partial charge is 0.192 e. The fourth-order valence-corrected chi connectivity index (χ4v) is 3.90. The zero-order valence-corrected chi connectivity index (χ0v) is 19.8. The van der Waals surface area contributed by atoms with Crippen LogP contribution in [0.15, 0.2) is 84.0 Å². The molecule has 1 aliphatic carbocycles. The van der Waals surface area contributed by atoms with E-state index in [-0.39, 0.29) is 5.43 Å². The van der Waals surface area contributed by atoms with E-state index in [2.05, 4.69) is 40.2 Å². The molecule has 0 fully saturated rings. The quantitative estimate of drug-likeness (QED) is 0.324. The molecule has 0 saturated carbocycles. The summed E-state index contributed by atoms with van der Waals surface area (Å²) in [6.45, 7) is 11.0. The number of nitrogens with zero attached hydrogens (tertiary/aromatic N) is 2. The van der Waals surface area contributed by atoms with Crippen molar-refractivity contribution in [2.24, 2.45) is 0 Å². The average molecular weight is 454 g/mol. The van der Waals surface area contributed by atoms with Crippen molar-refractivity contribution in [3.63, 3.8) is 0 Å². The number of allylic oxidation sites excluding steroid dienone is 5. The van der Waals surface area contributed by atoms with Gasteiger partial charge in [0.25, 0.3) is 0 Å². The Hall–Kier alpha value is -2.60. The van der Waals surface area contributed by atoms with Gasteiger partial charge in [0.2, 0.25) is 0 Å². The summed E-state index contributed by atoms with van der Waals surface area (Å²) in [5.41, 5.74) is 4.53. The highest BCUT2D eigenvalue weighted by atomic mass is 35.5. The van der Waals surface area contributed by atoms with Crippen LogP contribution in [-0.4, -0.2) is 22.9 Å². The lowest BCUT2D eigenvalue weighted by Gasteiger charge is -2.16. The van der Waals surface area contributed by atoms with Gasteiger partial charge in [-0.3, -0.25) is 9.78 Å². The molecule has 0 atom stereocenters. The highest BCUT2D eigenvalue weighted by Crippen LogP contribution is 2.20. The highest BCUT2D eigenvalue weighted by molar-refractivity contribution is 7.95. The second-order valence-corrected chi connectivity index (χ2v) is 8.34. The van der Waals surface area contributed by atoms with E-state index < -0.39 is 0 Å². The number of hydrogen-bond acceptors (Lipinski definition) is 5. The van der Waals surface area contributed by atoms with Gasteiger partial charge in [0.1, 0.15) is 0 Å². The van der Waals surface area contributed by atoms with E-state index in [0.29, 0.717) is 22.3 Å². The van der Waals surface area contributed by atoms with Crippen molar-refractivity contribution in [2.45, 2.75) is 20.3 Å². The van der Waals surface area contributed by atoms with Gasteiger partial charge in [0, 0.05) is 41.5 Å². The number of likely N-dealkylation sites (N-methyl/N-ethyl adjacent to an activating group) is 1. The Morgan fingerprint density at radius 2 is 2.13 bits per heavy atom. The van der Waals surface area contributed by atoms with E-state index in [1.54, 1.807) is 12.3 Å². The van der Waals surface area contributed by atoms with Crippen LogP contribution in [0.1, 0.15) is 25.0 Å². The molecule has 0 spiro atoms. The predicted molar refractivity (Wildman–Crippen MR) is 137 cm³/mol. The number of halogens is 1. The van der Waals surface area contributed by atoms with E-state index >= 15 is 0 Å². The first-order valence-electron chi connectivity index (χ1n) is 9.90. The summed E-state index contributed by atoms with van der Waals surface area (Å²) < 4.78 is 5.49. The molecule has 6 heteroatoms. The minimum atomic E-state index is -0.0216. The van der Waals surface area contributed by atoms with Crippen LogP contribution in [0.25, 0.3) is 17.0 Å². The summed E-state index contributed by atoms with van der Waals surface area (Å²) in [5.74, 6) is 0. The maximum Gasteiger partial charge on any atom is 0.192 e. The van der Waals surface area contributed by atoms with Crippen molar-refractivity contribution in [1.29, 1.82) is 0 Å². The Labute approximate surface area is 194 Å². The normalized spacial score (nSPS) is 13.5. The van der Waals surface area contributed by atoms with Crippen LogP contribution >= 0.6 is 23.7 Å². The second kappa shape index (κ2) is 12.3. The summed E-state index contributed by atoms with van der Waals surface area (Å²) in [6.07, 6.45) is 14.3. The number of rotatable bonds is 6. The summed E-state index contributed by atoms with van der Waals surface area (Å²) in [5, 5.41) is 1.02. The standard InChI is InChI=1S/C23H24ClN3OS.C2H4/c1-4-5-6-16(2)15-27(3)29-26-19-9-7-17-8-12-22-21(13-18(24)14-25-22)23(28)20(17)11-10-19;1-2/h4-10,12-14,26H,11,15H2,1-3H3;1-2H2/b5-4-,16-6+;. The number of aromatic nitrogens is 1. The second-order valence-electron chi connectivity index (χ2n) is 6.90. The minimum absolute atomic E-state index is 0.0216. The van der Waals surface area contributed by atoms with Gasteiger partial charge in [-0.15, -0.1) is 13.2 Å². The van der Waals surface area contributed by atoms with Crippen molar-refractivity contribution in [3.05, 3.63) is 106 Å². The van der Waals surface area contributed by atoms with Crippen LogP contribution in [-0.2, 0) is 6.42 Å². The summed E-state index contributed by atoms with van der Waals surface area (Å²) in [4.78, 5) is 17.3. The largest absolute Gasteiger partial charge is 0.317 e. The average Bonchev–Trinajstić information content (AvgIpc) is 3.05. The van der Waals surface area contributed by atoms with E-state index in [0.717, 1.165) is 23.4 Å². The van der Waals surface area contributed by atoms with Crippen molar-refractivity contribution in [3.8, 4) is 0 Å². The van der Waals surface area contributed by atoms with Gasteiger partial charge in [-0.1, -0.05) is 53.6 Å². The fourth-order valence-electron chi connectivity index (χ4n) is 3.06. The molecular weight excluding hydrogens is 426 g/mol. The zero-order valence-electron chi connectivity index (χ0n) is 18.2. The molecule has 4 nitrogen and oxygen atoms in total. The van der Waals surface area contributed by atoms with Crippen LogP contribution in [0, 0.1) is 0 Å². The molecule has 0 unspecified atom stereocenters. The minimum Gasteiger partial charge on any atom is -0.317 e. The zero-order chi connectivity index (χ0) is 22.8. The van der Waals surface area contributed by atoms with Crippen LogP contribution in [0.3, 0.4) is 0 Å². The molecule has 2 aromatic rings.